The van der Waals surface area contributed by atoms with Crippen molar-refractivity contribution in [3.8, 4) is 0 Å². The first kappa shape index (κ1) is 16.3. The summed E-state index contributed by atoms with van der Waals surface area (Å²) in [5.41, 5.74) is 0.844. The molecule has 0 unspecified atom stereocenters. The Morgan fingerprint density at radius 2 is 2.09 bits per heavy atom. The van der Waals surface area contributed by atoms with Crippen LogP contribution in [0.25, 0.3) is 10.9 Å². The van der Waals surface area contributed by atoms with Gasteiger partial charge in [0.15, 0.2) is 0 Å². The quantitative estimate of drug-likeness (QED) is 0.896. The van der Waals surface area contributed by atoms with Crippen LogP contribution < -0.4 is 0 Å². The van der Waals surface area contributed by atoms with Crippen molar-refractivity contribution >= 4 is 28.4 Å². The van der Waals surface area contributed by atoms with Gasteiger partial charge in [-0.2, -0.15) is 0 Å². The van der Waals surface area contributed by atoms with E-state index in [2.05, 4.69) is 4.98 Å². The molecule has 23 heavy (non-hydrogen) atoms. The fourth-order valence-corrected chi connectivity index (χ4v) is 3.68. The number of benzene rings is 1. The second-order valence-electron chi connectivity index (χ2n) is 7.14. The molecule has 1 amide bonds. The summed E-state index contributed by atoms with van der Waals surface area (Å²) < 4.78 is 0. The molecule has 1 aromatic heterocycles. The highest BCUT2D eigenvalue weighted by Crippen LogP contribution is 2.28. The summed E-state index contributed by atoms with van der Waals surface area (Å²) in [4.78, 5) is 17.7. The molecule has 2 aromatic rings. The van der Waals surface area contributed by atoms with Crippen LogP contribution in [0.1, 0.15) is 43.6 Å². The molecule has 1 saturated heterocycles. The normalized spacial score (nSPS) is 17.0. The molecule has 4 nitrogen and oxygen atoms in total. The van der Waals surface area contributed by atoms with Crippen molar-refractivity contribution in [3.05, 3.63) is 35.0 Å². The van der Waals surface area contributed by atoms with E-state index in [4.69, 9.17) is 11.6 Å². The number of likely N-dealkylation sites (tertiary alicyclic amines) is 1. The Labute approximate surface area is 141 Å². The van der Waals surface area contributed by atoms with Gasteiger partial charge in [0, 0.05) is 29.0 Å². The van der Waals surface area contributed by atoms with Crippen molar-refractivity contribution in [1.29, 1.82) is 0 Å². The predicted molar refractivity (Wildman–Crippen MR) is 92.9 cm³/mol. The Morgan fingerprint density at radius 1 is 1.39 bits per heavy atom. The fourth-order valence-electron chi connectivity index (χ4n) is 3.45. The Balaban J connectivity index is 1.68. The maximum absolute atomic E-state index is 12.7. The third-order valence-corrected chi connectivity index (χ3v) is 4.86. The van der Waals surface area contributed by atoms with Gasteiger partial charge in [0.25, 0.3) is 5.91 Å². The van der Waals surface area contributed by atoms with Crippen LogP contribution in [0, 0.1) is 5.92 Å². The number of H-pyrrole nitrogens is 1. The first-order chi connectivity index (χ1) is 10.8. The summed E-state index contributed by atoms with van der Waals surface area (Å²) in [7, 11) is 0. The molecule has 0 aliphatic carbocycles. The maximum Gasteiger partial charge on any atom is 0.270 e. The molecule has 5 heteroatoms. The van der Waals surface area contributed by atoms with Crippen LogP contribution in [-0.4, -0.2) is 39.6 Å². The predicted octanol–water partition coefficient (Wildman–Crippen LogP) is 3.83. The summed E-state index contributed by atoms with van der Waals surface area (Å²) in [5, 5.41) is 11.5. The molecule has 2 N–H and O–H groups in total. The van der Waals surface area contributed by atoms with Gasteiger partial charge in [-0.3, -0.25) is 4.79 Å². The Kier molecular flexibility index (Phi) is 4.39. The number of halogens is 1. The lowest BCUT2D eigenvalue weighted by molar-refractivity contribution is 0.0357. The van der Waals surface area contributed by atoms with Gasteiger partial charge >= 0.3 is 0 Å². The summed E-state index contributed by atoms with van der Waals surface area (Å²) >= 11 is 6.17. The number of nitrogens with zero attached hydrogens (tertiary/aromatic N) is 1. The number of aromatic amines is 1. The molecule has 1 aromatic carbocycles. The SMILES string of the molecule is CC(C)(O)CC1CCN(C(=O)c2cc3c(Cl)cccc3[nH]2)CC1. The molecule has 0 spiro atoms. The third-order valence-electron chi connectivity index (χ3n) is 4.53. The van der Waals surface area contributed by atoms with E-state index in [9.17, 15) is 9.90 Å². The van der Waals surface area contributed by atoms with E-state index in [0.717, 1.165) is 43.3 Å². The van der Waals surface area contributed by atoms with Crippen molar-refractivity contribution in [2.24, 2.45) is 5.92 Å². The topological polar surface area (TPSA) is 56.3 Å². The van der Waals surface area contributed by atoms with E-state index in [-0.39, 0.29) is 5.91 Å². The number of nitrogens with one attached hydrogen (secondary N) is 1. The van der Waals surface area contributed by atoms with Crippen molar-refractivity contribution in [2.45, 2.75) is 38.7 Å². The van der Waals surface area contributed by atoms with Gasteiger partial charge in [-0.05, 0) is 57.2 Å². The molecule has 2 heterocycles. The van der Waals surface area contributed by atoms with Crippen LogP contribution in [0.3, 0.4) is 0 Å². The number of amides is 1. The van der Waals surface area contributed by atoms with E-state index in [0.29, 0.717) is 16.6 Å². The molecule has 1 aliphatic heterocycles. The summed E-state index contributed by atoms with van der Waals surface area (Å²) in [6.07, 6.45) is 2.67. The standard InChI is InChI=1S/C18H23ClN2O2/c1-18(2,23)11-12-6-8-21(9-7-12)17(22)16-10-13-14(19)4-3-5-15(13)20-16/h3-5,10,12,20,23H,6-9,11H2,1-2H3. The van der Waals surface area contributed by atoms with Gasteiger partial charge in [0.2, 0.25) is 0 Å². The molecule has 1 aliphatic rings. The average Bonchev–Trinajstić information content (AvgIpc) is 2.91. The molecular formula is C18H23ClN2O2. The van der Waals surface area contributed by atoms with Crippen LogP contribution in [0.2, 0.25) is 5.02 Å². The Bertz CT molecular complexity index is 709. The number of rotatable bonds is 3. The van der Waals surface area contributed by atoms with Gasteiger partial charge in [0.1, 0.15) is 5.69 Å². The van der Waals surface area contributed by atoms with Crippen molar-refractivity contribution in [3.63, 3.8) is 0 Å². The van der Waals surface area contributed by atoms with E-state index in [1.165, 1.54) is 0 Å². The summed E-state index contributed by atoms with van der Waals surface area (Å²) in [5.74, 6) is 0.509. The number of aromatic nitrogens is 1. The van der Waals surface area contributed by atoms with E-state index < -0.39 is 5.60 Å². The molecule has 3 rings (SSSR count). The first-order valence-corrected chi connectivity index (χ1v) is 8.50. The van der Waals surface area contributed by atoms with Gasteiger partial charge in [0.05, 0.1) is 5.60 Å². The van der Waals surface area contributed by atoms with E-state index in [1.807, 2.05) is 43.0 Å². The Morgan fingerprint density at radius 3 is 2.70 bits per heavy atom. The van der Waals surface area contributed by atoms with Crippen LogP contribution >= 0.6 is 11.6 Å². The van der Waals surface area contributed by atoms with Gasteiger partial charge < -0.3 is 15.0 Å². The van der Waals surface area contributed by atoms with Crippen LogP contribution in [0.15, 0.2) is 24.3 Å². The van der Waals surface area contributed by atoms with Crippen LogP contribution in [-0.2, 0) is 0 Å². The van der Waals surface area contributed by atoms with Crippen molar-refractivity contribution in [2.75, 3.05) is 13.1 Å². The molecule has 0 saturated carbocycles. The zero-order valence-electron chi connectivity index (χ0n) is 13.6. The van der Waals surface area contributed by atoms with Crippen molar-refractivity contribution in [1.82, 2.24) is 9.88 Å². The van der Waals surface area contributed by atoms with Crippen LogP contribution in [0.5, 0.6) is 0 Å². The second-order valence-corrected chi connectivity index (χ2v) is 7.54. The molecule has 1 fully saturated rings. The molecule has 124 valence electrons. The zero-order valence-corrected chi connectivity index (χ0v) is 14.4. The molecule has 0 atom stereocenters. The number of piperidine rings is 1. The minimum Gasteiger partial charge on any atom is -0.390 e. The minimum absolute atomic E-state index is 0.0268. The number of aliphatic hydroxyl groups is 1. The zero-order chi connectivity index (χ0) is 16.6. The first-order valence-electron chi connectivity index (χ1n) is 8.12. The number of carbonyl (C=O) groups is 1. The highest BCUT2D eigenvalue weighted by molar-refractivity contribution is 6.35. The number of hydrogen-bond acceptors (Lipinski definition) is 2. The summed E-state index contributed by atoms with van der Waals surface area (Å²) in [6, 6.07) is 7.46. The summed E-state index contributed by atoms with van der Waals surface area (Å²) in [6.45, 7) is 5.17. The number of fused-ring (bicyclic) bond motifs is 1. The fraction of sp³-hybridized carbons (Fsp3) is 0.500. The van der Waals surface area contributed by atoms with Gasteiger partial charge in [-0.1, -0.05) is 17.7 Å². The van der Waals surface area contributed by atoms with Gasteiger partial charge in [-0.15, -0.1) is 0 Å². The molecular weight excluding hydrogens is 312 g/mol. The molecule has 0 radical (unpaired) electrons. The second kappa shape index (κ2) is 6.17. The van der Waals surface area contributed by atoms with Gasteiger partial charge in [-0.25, -0.2) is 0 Å². The lowest BCUT2D eigenvalue weighted by atomic mass is 9.86. The average molecular weight is 335 g/mol. The third kappa shape index (κ3) is 3.70. The monoisotopic (exact) mass is 334 g/mol. The molecule has 0 bridgehead atoms. The number of carbonyl (C=O) groups excluding carboxylic acids is 1. The minimum atomic E-state index is -0.634. The largest absolute Gasteiger partial charge is 0.390 e. The highest BCUT2D eigenvalue weighted by Gasteiger charge is 2.28. The smallest absolute Gasteiger partial charge is 0.270 e. The lowest BCUT2D eigenvalue weighted by Gasteiger charge is -2.34. The van der Waals surface area contributed by atoms with Crippen molar-refractivity contribution < 1.29 is 9.90 Å². The number of hydrogen-bond donors (Lipinski definition) is 2. The highest BCUT2D eigenvalue weighted by atomic mass is 35.5. The Hall–Kier alpha value is -1.52. The van der Waals surface area contributed by atoms with E-state index in [1.54, 1.807) is 0 Å². The maximum atomic E-state index is 12.7. The van der Waals surface area contributed by atoms with Crippen LogP contribution in [0.4, 0.5) is 0 Å². The van der Waals surface area contributed by atoms with E-state index >= 15 is 0 Å². The lowest BCUT2D eigenvalue weighted by Crippen LogP contribution is -2.40.